The quantitative estimate of drug-likeness (QED) is 0.439. The molecule has 0 aromatic carbocycles. The van der Waals surface area contributed by atoms with Crippen molar-refractivity contribution in [2.24, 2.45) is 0 Å². The number of carbonyl (C=O) groups excluding carboxylic acids is 1. The van der Waals surface area contributed by atoms with E-state index in [4.69, 9.17) is 0 Å². The summed E-state index contributed by atoms with van der Waals surface area (Å²) < 4.78 is 4.51. The standard InChI is InChI=1S/C12H21NO2/c1-15-12(14)9-6-10-13-11-7-4-2-3-5-8-11/h6,9,11,13H,2-5,7-8,10H2,1H3/b9-6+. The Morgan fingerprint density at radius 1 is 1.33 bits per heavy atom. The Morgan fingerprint density at radius 2 is 2.00 bits per heavy atom. The lowest BCUT2D eigenvalue weighted by molar-refractivity contribution is -0.134. The molecule has 0 aliphatic heterocycles. The molecular formula is C12H21NO2. The molecule has 1 fully saturated rings. The van der Waals surface area contributed by atoms with E-state index in [9.17, 15) is 4.79 Å². The van der Waals surface area contributed by atoms with Crippen molar-refractivity contribution >= 4 is 5.97 Å². The summed E-state index contributed by atoms with van der Waals surface area (Å²) in [5.74, 6) is -0.280. The maximum Gasteiger partial charge on any atom is 0.330 e. The Bertz CT molecular complexity index is 206. The third-order valence-electron chi connectivity index (χ3n) is 2.83. The average molecular weight is 211 g/mol. The molecule has 0 saturated heterocycles. The monoisotopic (exact) mass is 211 g/mol. The van der Waals surface area contributed by atoms with E-state index in [1.165, 1.54) is 51.7 Å². The van der Waals surface area contributed by atoms with Crippen molar-refractivity contribution in [3.8, 4) is 0 Å². The zero-order valence-electron chi connectivity index (χ0n) is 9.50. The zero-order chi connectivity index (χ0) is 10.9. The topological polar surface area (TPSA) is 38.3 Å². The van der Waals surface area contributed by atoms with E-state index in [0.717, 1.165) is 6.54 Å². The van der Waals surface area contributed by atoms with Crippen LogP contribution in [0, 0.1) is 0 Å². The first-order valence-corrected chi connectivity index (χ1v) is 5.81. The molecule has 0 aromatic rings. The van der Waals surface area contributed by atoms with Gasteiger partial charge in [0.15, 0.2) is 0 Å². The Hall–Kier alpha value is -0.830. The van der Waals surface area contributed by atoms with Crippen LogP contribution in [0.4, 0.5) is 0 Å². The Morgan fingerprint density at radius 3 is 2.60 bits per heavy atom. The van der Waals surface area contributed by atoms with Crippen LogP contribution in [0.25, 0.3) is 0 Å². The van der Waals surface area contributed by atoms with Gasteiger partial charge in [0.25, 0.3) is 0 Å². The lowest BCUT2D eigenvalue weighted by Gasteiger charge is -2.14. The van der Waals surface area contributed by atoms with E-state index in [2.05, 4.69) is 10.1 Å². The summed E-state index contributed by atoms with van der Waals surface area (Å²) in [7, 11) is 1.39. The minimum atomic E-state index is -0.280. The highest BCUT2D eigenvalue weighted by molar-refractivity contribution is 5.81. The smallest absolute Gasteiger partial charge is 0.330 e. The van der Waals surface area contributed by atoms with Crippen molar-refractivity contribution in [2.45, 2.75) is 44.6 Å². The lowest BCUT2D eigenvalue weighted by Crippen LogP contribution is -2.28. The Labute approximate surface area is 91.9 Å². The molecule has 3 heteroatoms. The molecule has 3 nitrogen and oxygen atoms in total. The van der Waals surface area contributed by atoms with E-state index >= 15 is 0 Å². The third kappa shape index (κ3) is 5.57. The summed E-state index contributed by atoms with van der Waals surface area (Å²) in [5, 5.41) is 3.45. The number of ether oxygens (including phenoxy) is 1. The average Bonchev–Trinajstić information content (AvgIpc) is 2.52. The van der Waals surface area contributed by atoms with Crippen molar-refractivity contribution < 1.29 is 9.53 Å². The van der Waals surface area contributed by atoms with Gasteiger partial charge in [-0.2, -0.15) is 0 Å². The highest BCUT2D eigenvalue weighted by atomic mass is 16.5. The molecule has 1 aliphatic rings. The van der Waals surface area contributed by atoms with Gasteiger partial charge in [0.05, 0.1) is 7.11 Å². The fourth-order valence-corrected chi connectivity index (χ4v) is 1.94. The summed E-state index contributed by atoms with van der Waals surface area (Å²) in [6, 6.07) is 0.634. The minimum Gasteiger partial charge on any atom is -0.466 e. The first kappa shape index (κ1) is 12.2. The highest BCUT2D eigenvalue weighted by Gasteiger charge is 2.09. The van der Waals surface area contributed by atoms with Crippen molar-refractivity contribution in [1.29, 1.82) is 0 Å². The van der Waals surface area contributed by atoms with E-state index in [0.29, 0.717) is 6.04 Å². The van der Waals surface area contributed by atoms with Crippen molar-refractivity contribution in [1.82, 2.24) is 5.32 Å². The minimum absolute atomic E-state index is 0.280. The van der Waals surface area contributed by atoms with Crippen LogP contribution < -0.4 is 5.32 Å². The SMILES string of the molecule is COC(=O)/C=C/CNC1CCCCCC1. The lowest BCUT2D eigenvalue weighted by atomic mass is 10.1. The normalized spacial score (nSPS) is 19.0. The fourth-order valence-electron chi connectivity index (χ4n) is 1.94. The summed E-state index contributed by atoms with van der Waals surface area (Å²) in [6.07, 6.45) is 11.3. The van der Waals surface area contributed by atoms with E-state index in [-0.39, 0.29) is 5.97 Å². The second kappa shape index (κ2) is 7.46. The molecule has 0 spiro atoms. The van der Waals surface area contributed by atoms with Gasteiger partial charge in [-0.15, -0.1) is 0 Å². The van der Waals surface area contributed by atoms with Gasteiger partial charge < -0.3 is 10.1 Å². The molecule has 1 saturated carbocycles. The Kier molecular flexibility index (Phi) is 6.09. The predicted octanol–water partition coefficient (Wildman–Crippen LogP) is 2.03. The number of hydrogen-bond acceptors (Lipinski definition) is 3. The summed E-state index contributed by atoms with van der Waals surface area (Å²) in [6.45, 7) is 0.764. The van der Waals surface area contributed by atoms with Gasteiger partial charge >= 0.3 is 5.97 Å². The number of nitrogens with one attached hydrogen (secondary N) is 1. The van der Waals surface area contributed by atoms with Crippen LogP contribution in [-0.4, -0.2) is 25.7 Å². The number of hydrogen-bond donors (Lipinski definition) is 1. The van der Waals surface area contributed by atoms with Gasteiger partial charge in [0, 0.05) is 18.7 Å². The molecule has 1 rings (SSSR count). The number of rotatable bonds is 4. The van der Waals surface area contributed by atoms with Gasteiger partial charge in [0.2, 0.25) is 0 Å². The number of methoxy groups -OCH3 is 1. The van der Waals surface area contributed by atoms with Crippen LogP contribution in [0.5, 0.6) is 0 Å². The Balaban J connectivity index is 2.12. The van der Waals surface area contributed by atoms with Gasteiger partial charge in [0.1, 0.15) is 0 Å². The van der Waals surface area contributed by atoms with Crippen molar-refractivity contribution in [3.05, 3.63) is 12.2 Å². The first-order valence-electron chi connectivity index (χ1n) is 5.81. The van der Waals surface area contributed by atoms with Crippen LogP contribution in [0.2, 0.25) is 0 Å². The molecule has 0 amide bonds. The molecule has 0 unspecified atom stereocenters. The van der Waals surface area contributed by atoms with Gasteiger partial charge in [-0.25, -0.2) is 4.79 Å². The maximum absolute atomic E-state index is 10.8. The summed E-state index contributed by atoms with van der Waals surface area (Å²) >= 11 is 0. The van der Waals surface area contributed by atoms with E-state index in [1.54, 1.807) is 0 Å². The van der Waals surface area contributed by atoms with Crippen LogP contribution in [0.3, 0.4) is 0 Å². The molecule has 86 valence electrons. The molecule has 0 heterocycles. The predicted molar refractivity (Wildman–Crippen MR) is 60.6 cm³/mol. The van der Waals surface area contributed by atoms with Gasteiger partial charge in [-0.05, 0) is 12.8 Å². The van der Waals surface area contributed by atoms with Gasteiger partial charge in [-0.3, -0.25) is 0 Å². The molecule has 0 atom stereocenters. The maximum atomic E-state index is 10.8. The zero-order valence-corrected chi connectivity index (χ0v) is 9.50. The van der Waals surface area contributed by atoms with Gasteiger partial charge in [-0.1, -0.05) is 31.8 Å². The third-order valence-corrected chi connectivity index (χ3v) is 2.83. The van der Waals surface area contributed by atoms with Crippen LogP contribution in [-0.2, 0) is 9.53 Å². The molecule has 1 N–H and O–H groups in total. The summed E-state index contributed by atoms with van der Waals surface area (Å²) in [5.41, 5.74) is 0. The number of esters is 1. The molecule has 15 heavy (non-hydrogen) atoms. The van der Waals surface area contributed by atoms with Crippen molar-refractivity contribution in [3.63, 3.8) is 0 Å². The molecular weight excluding hydrogens is 190 g/mol. The molecule has 0 radical (unpaired) electrons. The van der Waals surface area contributed by atoms with Crippen LogP contribution in [0.1, 0.15) is 38.5 Å². The molecule has 0 bridgehead atoms. The van der Waals surface area contributed by atoms with E-state index in [1.807, 2.05) is 6.08 Å². The van der Waals surface area contributed by atoms with Crippen LogP contribution >= 0.6 is 0 Å². The van der Waals surface area contributed by atoms with Crippen molar-refractivity contribution in [2.75, 3.05) is 13.7 Å². The largest absolute Gasteiger partial charge is 0.466 e. The van der Waals surface area contributed by atoms with Crippen LogP contribution in [0.15, 0.2) is 12.2 Å². The molecule has 1 aliphatic carbocycles. The second-order valence-electron chi connectivity index (χ2n) is 4.02. The first-order chi connectivity index (χ1) is 7.33. The fraction of sp³-hybridized carbons (Fsp3) is 0.750. The number of carbonyl (C=O) groups is 1. The highest BCUT2D eigenvalue weighted by Crippen LogP contribution is 2.16. The summed E-state index contributed by atoms with van der Waals surface area (Å²) in [4.78, 5) is 10.8. The second-order valence-corrected chi connectivity index (χ2v) is 4.02. The van der Waals surface area contributed by atoms with E-state index < -0.39 is 0 Å². The molecule has 0 aromatic heterocycles.